The molecule has 7 heteroatoms. The Morgan fingerprint density at radius 2 is 1.00 bits per heavy atom. The zero-order valence-electron chi connectivity index (χ0n) is 33.4. The number of hydrogen-bond acceptors (Lipinski definition) is 7. The van der Waals surface area contributed by atoms with Gasteiger partial charge in [-0.1, -0.05) is 136 Å². The number of rotatable bonds is 40. The molecule has 0 amide bonds. The lowest BCUT2D eigenvalue weighted by Gasteiger charge is -2.21. The minimum absolute atomic E-state index is 0.00478. The van der Waals surface area contributed by atoms with Crippen molar-refractivity contribution in [3.8, 4) is 0 Å². The molecule has 0 aromatic rings. The van der Waals surface area contributed by atoms with E-state index in [1.165, 1.54) is 103 Å². The summed E-state index contributed by atoms with van der Waals surface area (Å²) in [6.07, 6.45) is 35.3. The van der Waals surface area contributed by atoms with Crippen LogP contribution in [-0.4, -0.2) is 74.1 Å². The predicted octanol–water partition coefficient (Wildman–Crippen LogP) is 11.3. The van der Waals surface area contributed by atoms with Crippen LogP contribution in [0.3, 0.4) is 0 Å². The second-order valence-corrected chi connectivity index (χ2v) is 14.4. The van der Waals surface area contributed by atoms with Gasteiger partial charge in [-0.05, 0) is 77.0 Å². The Hall–Kier alpha value is -1.44. The highest BCUT2D eigenvalue weighted by Crippen LogP contribution is 2.18. The van der Waals surface area contributed by atoms with Crippen LogP contribution >= 0.6 is 0 Å². The number of carbonyl (C=O) groups is 2. The first kappa shape index (κ1) is 48.6. The largest absolute Gasteiger partial charge is 0.462 e. The lowest BCUT2D eigenvalue weighted by Crippen LogP contribution is -2.29. The molecule has 50 heavy (non-hydrogen) atoms. The van der Waals surface area contributed by atoms with Crippen LogP contribution < -0.4 is 0 Å². The molecule has 0 aromatic heterocycles. The van der Waals surface area contributed by atoms with Crippen LogP contribution in [0.2, 0.25) is 0 Å². The number of nitrogens with zero attached hydrogens (tertiary/aromatic N) is 1. The van der Waals surface area contributed by atoms with E-state index in [2.05, 4.69) is 25.7 Å². The fraction of sp³-hybridized carbons (Fsp3) is 0.907. The van der Waals surface area contributed by atoms with Gasteiger partial charge in [0.25, 0.3) is 0 Å². The molecule has 0 heterocycles. The quantitative estimate of drug-likeness (QED) is 0.0385. The van der Waals surface area contributed by atoms with E-state index in [0.717, 1.165) is 83.9 Å². The molecule has 0 rings (SSSR count). The molecule has 0 atom stereocenters. The van der Waals surface area contributed by atoms with E-state index in [0.29, 0.717) is 32.6 Å². The zero-order valence-corrected chi connectivity index (χ0v) is 33.4. The molecule has 1 N–H and O–H groups in total. The standard InChI is InChI=1S/C43H83NO6/c1-4-7-10-13-16-21-30-41(31-22-17-14-11-8-5-2)50-43(47)33-23-18-15-19-25-34-44(36-37-45)35-26-24-32-42(46)49-40-29-28-39-48-38-27-20-12-9-6-3/h28-29,41,45H,4-27,30-40H2,1-3H3/b29-28-. The van der Waals surface area contributed by atoms with Crippen LogP contribution in [-0.2, 0) is 23.8 Å². The third-order valence-electron chi connectivity index (χ3n) is 9.55. The van der Waals surface area contributed by atoms with Crippen molar-refractivity contribution in [2.24, 2.45) is 0 Å². The lowest BCUT2D eigenvalue weighted by atomic mass is 10.0. The van der Waals surface area contributed by atoms with Crippen LogP contribution in [0.5, 0.6) is 0 Å². The van der Waals surface area contributed by atoms with Crippen molar-refractivity contribution in [2.75, 3.05) is 46.1 Å². The first-order valence-corrected chi connectivity index (χ1v) is 21.5. The maximum Gasteiger partial charge on any atom is 0.306 e. The number of aliphatic hydroxyl groups is 1. The molecule has 0 unspecified atom stereocenters. The Balaban J connectivity index is 4.01. The topological polar surface area (TPSA) is 85.3 Å². The molecule has 0 spiro atoms. The minimum Gasteiger partial charge on any atom is -0.462 e. The zero-order chi connectivity index (χ0) is 36.6. The Labute approximate surface area is 310 Å². The normalized spacial score (nSPS) is 11.7. The van der Waals surface area contributed by atoms with Gasteiger partial charge in [0.05, 0.1) is 13.2 Å². The van der Waals surface area contributed by atoms with Crippen LogP contribution in [0.1, 0.15) is 201 Å². The summed E-state index contributed by atoms with van der Waals surface area (Å²) in [6, 6.07) is 0. The summed E-state index contributed by atoms with van der Waals surface area (Å²) in [5.41, 5.74) is 0. The molecule has 0 aliphatic rings. The molecule has 0 saturated heterocycles. The Morgan fingerprint density at radius 3 is 1.60 bits per heavy atom. The second-order valence-electron chi connectivity index (χ2n) is 14.4. The molecule has 0 radical (unpaired) electrons. The average Bonchev–Trinajstić information content (AvgIpc) is 3.11. The summed E-state index contributed by atoms with van der Waals surface area (Å²) < 4.78 is 16.9. The first-order valence-electron chi connectivity index (χ1n) is 21.5. The summed E-state index contributed by atoms with van der Waals surface area (Å²) in [6.45, 7) is 11.0. The minimum atomic E-state index is -0.157. The van der Waals surface area contributed by atoms with Crippen LogP contribution in [0.25, 0.3) is 0 Å². The molecule has 0 aromatic carbocycles. The molecular weight excluding hydrogens is 626 g/mol. The van der Waals surface area contributed by atoms with Gasteiger partial charge in [-0.2, -0.15) is 0 Å². The summed E-state index contributed by atoms with van der Waals surface area (Å²) in [7, 11) is 0. The maximum atomic E-state index is 12.7. The predicted molar refractivity (Wildman–Crippen MR) is 211 cm³/mol. The molecule has 0 saturated carbocycles. The summed E-state index contributed by atoms with van der Waals surface area (Å²) in [5.74, 6) is -0.162. The fourth-order valence-corrected chi connectivity index (χ4v) is 6.34. The van der Waals surface area contributed by atoms with Gasteiger partial charge < -0.3 is 24.2 Å². The van der Waals surface area contributed by atoms with Gasteiger partial charge in [0.1, 0.15) is 12.7 Å². The number of hydrogen-bond donors (Lipinski definition) is 1. The Bertz CT molecular complexity index is 729. The van der Waals surface area contributed by atoms with E-state index < -0.39 is 0 Å². The summed E-state index contributed by atoms with van der Waals surface area (Å²) in [5, 5.41) is 9.51. The van der Waals surface area contributed by atoms with Gasteiger partial charge in [-0.3, -0.25) is 9.59 Å². The van der Waals surface area contributed by atoms with E-state index >= 15 is 0 Å². The number of aliphatic hydroxyl groups excluding tert-OH is 1. The first-order chi connectivity index (χ1) is 24.6. The molecule has 0 bridgehead atoms. The van der Waals surface area contributed by atoms with E-state index in [1.54, 1.807) is 0 Å². The highest BCUT2D eigenvalue weighted by Gasteiger charge is 2.14. The number of esters is 2. The van der Waals surface area contributed by atoms with Gasteiger partial charge in [0.2, 0.25) is 0 Å². The van der Waals surface area contributed by atoms with Crippen molar-refractivity contribution in [3.05, 3.63) is 12.2 Å². The molecule has 296 valence electrons. The monoisotopic (exact) mass is 710 g/mol. The van der Waals surface area contributed by atoms with E-state index in [1.807, 2.05) is 12.2 Å². The van der Waals surface area contributed by atoms with Gasteiger partial charge in [-0.25, -0.2) is 0 Å². The SMILES string of the molecule is CCCCCCCCC(CCCCCCCC)OC(=O)CCCCCCCN(CCO)CCCCC(=O)OC/C=C\COCCCCCCC. The van der Waals surface area contributed by atoms with Crippen LogP contribution in [0.15, 0.2) is 12.2 Å². The van der Waals surface area contributed by atoms with Crippen molar-refractivity contribution >= 4 is 11.9 Å². The van der Waals surface area contributed by atoms with Crippen LogP contribution in [0, 0.1) is 0 Å². The average molecular weight is 710 g/mol. The van der Waals surface area contributed by atoms with Crippen molar-refractivity contribution in [2.45, 2.75) is 207 Å². The lowest BCUT2D eigenvalue weighted by molar-refractivity contribution is -0.150. The molecule has 0 aliphatic heterocycles. The maximum absolute atomic E-state index is 12.7. The fourth-order valence-electron chi connectivity index (χ4n) is 6.34. The smallest absolute Gasteiger partial charge is 0.306 e. The van der Waals surface area contributed by atoms with Gasteiger partial charge in [0.15, 0.2) is 0 Å². The van der Waals surface area contributed by atoms with E-state index in [9.17, 15) is 14.7 Å². The number of carbonyl (C=O) groups excluding carboxylic acids is 2. The van der Waals surface area contributed by atoms with Crippen molar-refractivity contribution in [1.29, 1.82) is 0 Å². The summed E-state index contributed by atoms with van der Waals surface area (Å²) in [4.78, 5) is 27.0. The third-order valence-corrected chi connectivity index (χ3v) is 9.55. The highest BCUT2D eigenvalue weighted by atomic mass is 16.5. The number of ether oxygens (including phenoxy) is 3. The Kier molecular flexibility index (Phi) is 39.2. The molecular formula is C43H83NO6. The summed E-state index contributed by atoms with van der Waals surface area (Å²) >= 11 is 0. The van der Waals surface area contributed by atoms with E-state index in [4.69, 9.17) is 14.2 Å². The highest BCUT2D eigenvalue weighted by molar-refractivity contribution is 5.69. The van der Waals surface area contributed by atoms with Crippen molar-refractivity contribution in [1.82, 2.24) is 4.90 Å². The van der Waals surface area contributed by atoms with Crippen molar-refractivity contribution in [3.63, 3.8) is 0 Å². The van der Waals surface area contributed by atoms with Gasteiger partial charge in [0, 0.05) is 26.0 Å². The third kappa shape index (κ3) is 36.4. The second kappa shape index (κ2) is 40.3. The van der Waals surface area contributed by atoms with Crippen molar-refractivity contribution < 1.29 is 28.9 Å². The van der Waals surface area contributed by atoms with E-state index in [-0.39, 0.29) is 24.6 Å². The van der Waals surface area contributed by atoms with Crippen LogP contribution in [0.4, 0.5) is 0 Å². The molecule has 0 fully saturated rings. The molecule has 0 aliphatic carbocycles. The van der Waals surface area contributed by atoms with Gasteiger partial charge >= 0.3 is 11.9 Å². The Morgan fingerprint density at radius 1 is 0.540 bits per heavy atom. The molecule has 7 nitrogen and oxygen atoms in total. The number of unbranched alkanes of at least 4 members (excludes halogenated alkanes) is 19. The van der Waals surface area contributed by atoms with Gasteiger partial charge in [-0.15, -0.1) is 0 Å².